The van der Waals surface area contributed by atoms with Crippen molar-refractivity contribution in [2.75, 3.05) is 0 Å². The van der Waals surface area contributed by atoms with Gasteiger partial charge in [0.15, 0.2) is 0 Å². The first-order chi connectivity index (χ1) is 11.8. The summed E-state index contributed by atoms with van der Waals surface area (Å²) in [4.78, 5) is 4.26. The number of benzene rings is 2. The van der Waals surface area contributed by atoms with Crippen LogP contribution in [0.15, 0.2) is 36.5 Å². The van der Waals surface area contributed by atoms with E-state index in [2.05, 4.69) is 4.98 Å². The lowest BCUT2D eigenvalue weighted by molar-refractivity contribution is 0.630. The van der Waals surface area contributed by atoms with Crippen LogP contribution in [0.5, 0.6) is 0 Å². The zero-order valence-electron chi connectivity index (χ0n) is 12.1. The molecule has 1 aromatic heterocycles. The first kappa shape index (κ1) is 19.0. The van der Waals surface area contributed by atoms with Gasteiger partial charge in [-0.05, 0) is 29.8 Å². The Morgan fingerprint density at radius 2 is 1.08 bits per heavy atom. The molecule has 0 saturated heterocycles. The summed E-state index contributed by atoms with van der Waals surface area (Å²) in [6.07, 6.45) is 1.37. The molecule has 0 fully saturated rings. The Labute approximate surface area is 173 Å². The zero-order chi connectivity index (χ0) is 18.3. The van der Waals surface area contributed by atoms with Crippen LogP contribution in [0.25, 0.3) is 22.4 Å². The van der Waals surface area contributed by atoms with E-state index in [-0.39, 0.29) is 35.7 Å². The third kappa shape index (κ3) is 3.85. The van der Waals surface area contributed by atoms with E-state index in [1.807, 2.05) is 0 Å². The van der Waals surface area contributed by atoms with Gasteiger partial charge in [-0.2, -0.15) is 0 Å². The smallest absolute Gasteiger partial charge is 0.134 e. The summed E-state index contributed by atoms with van der Waals surface area (Å²) in [6.45, 7) is 0. The Bertz CT molecular complexity index is 943. The minimum Gasteiger partial charge on any atom is -0.255 e. The maximum absolute atomic E-state index is 14.6. The van der Waals surface area contributed by atoms with Crippen LogP contribution in [0.1, 0.15) is 0 Å². The monoisotopic (exact) mass is 453 g/mol. The highest BCUT2D eigenvalue weighted by atomic mass is 35.5. The van der Waals surface area contributed by atoms with Gasteiger partial charge >= 0.3 is 0 Å². The SMILES string of the molecule is Fc1cc(-c2cc(Cl)c(Cl)c(Cl)c2)ncc1-c1cc(Cl)c(Cl)c(Cl)c1. The molecular formula is C17H6Cl6FN. The third-order valence-electron chi connectivity index (χ3n) is 3.43. The van der Waals surface area contributed by atoms with E-state index in [4.69, 9.17) is 69.6 Å². The summed E-state index contributed by atoms with van der Waals surface area (Å²) in [5, 5.41) is 1.41. The van der Waals surface area contributed by atoms with E-state index in [0.29, 0.717) is 16.8 Å². The Morgan fingerprint density at radius 1 is 0.640 bits per heavy atom. The van der Waals surface area contributed by atoms with Gasteiger partial charge in [0.2, 0.25) is 0 Å². The van der Waals surface area contributed by atoms with Gasteiger partial charge in [0.05, 0.1) is 35.8 Å². The van der Waals surface area contributed by atoms with E-state index in [9.17, 15) is 4.39 Å². The van der Waals surface area contributed by atoms with Gasteiger partial charge in [-0.15, -0.1) is 0 Å². The number of hydrogen-bond acceptors (Lipinski definition) is 1. The van der Waals surface area contributed by atoms with Crippen LogP contribution in [0.4, 0.5) is 4.39 Å². The molecule has 2 aromatic carbocycles. The maximum Gasteiger partial charge on any atom is 0.134 e. The van der Waals surface area contributed by atoms with Crippen LogP contribution >= 0.6 is 69.6 Å². The largest absolute Gasteiger partial charge is 0.255 e. The Morgan fingerprint density at radius 3 is 1.52 bits per heavy atom. The lowest BCUT2D eigenvalue weighted by Crippen LogP contribution is -1.91. The second-order valence-electron chi connectivity index (χ2n) is 5.06. The molecule has 3 aromatic rings. The van der Waals surface area contributed by atoms with Gasteiger partial charge in [0.25, 0.3) is 0 Å². The molecule has 3 rings (SSSR count). The Kier molecular flexibility index (Phi) is 5.69. The summed E-state index contributed by atoms with van der Waals surface area (Å²) in [5.74, 6) is -0.512. The number of rotatable bonds is 2. The molecule has 0 radical (unpaired) electrons. The Balaban J connectivity index is 2.08. The first-order valence-electron chi connectivity index (χ1n) is 6.73. The number of hydrogen-bond donors (Lipinski definition) is 0. The van der Waals surface area contributed by atoms with Crippen LogP contribution in [-0.4, -0.2) is 4.98 Å². The molecular weight excluding hydrogens is 450 g/mol. The number of nitrogens with zero attached hydrogens (tertiary/aromatic N) is 1. The van der Waals surface area contributed by atoms with Crippen LogP contribution in [0.2, 0.25) is 30.1 Å². The van der Waals surface area contributed by atoms with Gasteiger partial charge in [0.1, 0.15) is 5.82 Å². The van der Waals surface area contributed by atoms with Crippen molar-refractivity contribution < 1.29 is 4.39 Å². The van der Waals surface area contributed by atoms with Crippen LogP contribution in [0.3, 0.4) is 0 Å². The fourth-order valence-electron chi connectivity index (χ4n) is 2.22. The normalized spacial score (nSPS) is 11.0. The summed E-state index contributed by atoms with van der Waals surface area (Å²) in [5.41, 5.74) is 1.59. The second kappa shape index (κ2) is 7.48. The van der Waals surface area contributed by atoms with Gasteiger partial charge in [-0.1, -0.05) is 69.6 Å². The van der Waals surface area contributed by atoms with Crippen molar-refractivity contribution in [3.8, 4) is 22.4 Å². The molecule has 0 amide bonds. The lowest BCUT2D eigenvalue weighted by atomic mass is 10.0. The van der Waals surface area contributed by atoms with Crippen molar-refractivity contribution in [3.05, 3.63) is 72.5 Å². The minimum atomic E-state index is -0.512. The fraction of sp³-hybridized carbons (Fsp3) is 0. The quantitative estimate of drug-likeness (QED) is 0.353. The molecule has 0 saturated carbocycles. The van der Waals surface area contributed by atoms with Crippen LogP contribution in [-0.2, 0) is 0 Å². The first-order valence-corrected chi connectivity index (χ1v) is 9.00. The average Bonchev–Trinajstić information content (AvgIpc) is 2.56. The van der Waals surface area contributed by atoms with Crippen LogP contribution in [0, 0.1) is 5.82 Å². The molecule has 8 heteroatoms. The van der Waals surface area contributed by atoms with Gasteiger partial charge in [0, 0.05) is 23.4 Å². The maximum atomic E-state index is 14.6. The molecule has 0 N–H and O–H groups in total. The predicted octanol–water partition coefficient (Wildman–Crippen LogP) is 8.48. The summed E-state index contributed by atoms with van der Waals surface area (Å²) < 4.78 is 14.6. The van der Waals surface area contributed by atoms with Crippen LogP contribution < -0.4 is 0 Å². The Hall–Kier alpha value is -0.740. The molecule has 25 heavy (non-hydrogen) atoms. The molecule has 0 bridgehead atoms. The van der Waals surface area contributed by atoms with Crippen molar-refractivity contribution in [2.45, 2.75) is 0 Å². The van der Waals surface area contributed by atoms with E-state index in [1.54, 1.807) is 12.1 Å². The summed E-state index contributed by atoms with van der Waals surface area (Å²) in [7, 11) is 0. The molecule has 0 atom stereocenters. The summed E-state index contributed by atoms with van der Waals surface area (Å²) in [6, 6.07) is 7.43. The minimum absolute atomic E-state index is 0.211. The third-order valence-corrected chi connectivity index (χ3v) is 5.82. The molecule has 128 valence electrons. The van der Waals surface area contributed by atoms with Crippen molar-refractivity contribution in [1.29, 1.82) is 0 Å². The molecule has 1 nitrogen and oxygen atoms in total. The zero-order valence-corrected chi connectivity index (χ0v) is 16.6. The highest BCUT2D eigenvalue weighted by molar-refractivity contribution is 6.49. The number of aromatic nitrogens is 1. The topological polar surface area (TPSA) is 12.9 Å². The van der Waals surface area contributed by atoms with E-state index >= 15 is 0 Å². The van der Waals surface area contributed by atoms with Crippen molar-refractivity contribution in [1.82, 2.24) is 4.98 Å². The van der Waals surface area contributed by atoms with Crippen molar-refractivity contribution in [2.24, 2.45) is 0 Å². The van der Waals surface area contributed by atoms with Crippen molar-refractivity contribution in [3.63, 3.8) is 0 Å². The molecule has 0 spiro atoms. The number of halogens is 7. The lowest BCUT2D eigenvalue weighted by Gasteiger charge is -2.09. The predicted molar refractivity (Wildman–Crippen MR) is 105 cm³/mol. The highest BCUT2D eigenvalue weighted by Gasteiger charge is 2.14. The molecule has 1 heterocycles. The average molecular weight is 456 g/mol. The van der Waals surface area contributed by atoms with E-state index in [0.717, 1.165) is 0 Å². The molecule has 0 aliphatic rings. The fourth-order valence-corrected chi connectivity index (χ4v) is 3.41. The van der Waals surface area contributed by atoms with Gasteiger partial charge in [-0.25, -0.2) is 4.39 Å². The standard InChI is InChI=1S/C17H6Cl6FN/c18-10-1-7(2-11(19)16(10)22)9-6-25-15(5-14(9)24)8-3-12(20)17(23)13(21)4-8/h1-6H. The number of pyridine rings is 1. The second-order valence-corrected chi connectivity index (χ2v) is 7.44. The van der Waals surface area contributed by atoms with Gasteiger partial charge < -0.3 is 0 Å². The highest BCUT2D eigenvalue weighted by Crippen LogP contribution is 2.38. The van der Waals surface area contributed by atoms with E-state index < -0.39 is 5.82 Å². The molecule has 0 aliphatic heterocycles. The van der Waals surface area contributed by atoms with Gasteiger partial charge in [-0.3, -0.25) is 4.98 Å². The molecule has 0 aliphatic carbocycles. The summed E-state index contributed by atoms with van der Waals surface area (Å²) >= 11 is 35.8. The van der Waals surface area contributed by atoms with Crippen molar-refractivity contribution >= 4 is 69.6 Å². The van der Waals surface area contributed by atoms with E-state index in [1.165, 1.54) is 24.4 Å². The molecule has 0 unspecified atom stereocenters.